The van der Waals surface area contributed by atoms with Crippen molar-refractivity contribution in [3.63, 3.8) is 0 Å². The molecule has 0 spiro atoms. The van der Waals surface area contributed by atoms with Crippen molar-refractivity contribution in [2.45, 2.75) is 19.6 Å². The fraction of sp³-hybridized carbons (Fsp3) is 0.160. The summed E-state index contributed by atoms with van der Waals surface area (Å²) < 4.78 is 36.4. The third-order valence-electron chi connectivity index (χ3n) is 5.18. The Morgan fingerprint density at radius 2 is 1.88 bits per heavy atom. The summed E-state index contributed by atoms with van der Waals surface area (Å²) in [5.74, 6) is -0.284. The van der Waals surface area contributed by atoms with Gasteiger partial charge in [-0.15, -0.1) is 0 Å². The first-order valence-corrected chi connectivity index (χ1v) is 10.3. The monoisotopic (exact) mass is 455 g/mol. The normalized spacial score (nSPS) is 11.2. The minimum atomic E-state index is -2.85. The van der Waals surface area contributed by atoms with E-state index in [1.807, 2.05) is 41.1 Å². The number of esters is 1. The number of hydrogen-bond donors (Lipinski definition) is 0. The lowest BCUT2D eigenvalue weighted by molar-refractivity contribution is -0.0498. The van der Waals surface area contributed by atoms with E-state index in [-0.39, 0.29) is 5.75 Å². The van der Waals surface area contributed by atoms with Gasteiger partial charge in [0, 0.05) is 23.3 Å². The number of methoxy groups -OCH3 is 1. The zero-order chi connectivity index (χ0) is 22.7. The number of carbonyl (C=O) groups is 1. The molecular formula is C25H20ClF2NO3. The van der Waals surface area contributed by atoms with Gasteiger partial charge in [-0.2, -0.15) is 8.78 Å². The highest BCUT2D eigenvalue weighted by Crippen LogP contribution is 2.24. The van der Waals surface area contributed by atoms with E-state index in [0.717, 1.165) is 27.6 Å². The fourth-order valence-corrected chi connectivity index (χ4v) is 3.91. The maximum atomic E-state index is 12.5. The number of rotatable bonds is 7. The molecule has 0 radical (unpaired) electrons. The summed E-state index contributed by atoms with van der Waals surface area (Å²) in [5.41, 5.74) is 4.18. The fourth-order valence-electron chi connectivity index (χ4n) is 3.74. The maximum Gasteiger partial charge on any atom is 0.387 e. The zero-order valence-electron chi connectivity index (χ0n) is 17.2. The molecule has 0 aliphatic rings. The van der Waals surface area contributed by atoms with E-state index in [1.54, 1.807) is 24.3 Å². The third kappa shape index (κ3) is 4.92. The summed E-state index contributed by atoms with van der Waals surface area (Å²) >= 11 is 6.05. The largest absolute Gasteiger partial charge is 0.465 e. The van der Waals surface area contributed by atoms with E-state index in [0.29, 0.717) is 23.6 Å². The van der Waals surface area contributed by atoms with Crippen LogP contribution in [0.3, 0.4) is 0 Å². The molecule has 0 unspecified atom stereocenters. The van der Waals surface area contributed by atoms with Crippen LogP contribution in [0.2, 0.25) is 5.02 Å². The van der Waals surface area contributed by atoms with Crippen LogP contribution in [0.4, 0.5) is 8.78 Å². The molecule has 0 aliphatic carbocycles. The number of alkyl halides is 2. The number of aromatic nitrogens is 1. The molecule has 1 heterocycles. The number of carbonyl (C=O) groups excluding carboxylic acids is 1. The van der Waals surface area contributed by atoms with Crippen molar-refractivity contribution in [1.82, 2.24) is 4.57 Å². The summed E-state index contributed by atoms with van der Waals surface area (Å²) in [6.07, 6.45) is 2.51. The van der Waals surface area contributed by atoms with Crippen molar-refractivity contribution in [3.8, 4) is 5.75 Å². The predicted molar refractivity (Wildman–Crippen MR) is 120 cm³/mol. The average Bonchev–Trinajstić information content (AvgIpc) is 3.16. The molecule has 0 amide bonds. The van der Waals surface area contributed by atoms with Gasteiger partial charge in [0.25, 0.3) is 0 Å². The van der Waals surface area contributed by atoms with Crippen LogP contribution in [0.1, 0.15) is 27.0 Å². The molecule has 0 saturated carbocycles. The van der Waals surface area contributed by atoms with Crippen molar-refractivity contribution in [2.75, 3.05) is 7.11 Å². The number of hydrogen-bond acceptors (Lipinski definition) is 3. The van der Waals surface area contributed by atoms with Gasteiger partial charge in [-0.25, -0.2) is 4.79 Å². The molecule has 0 aliphatic heterocycles. The number of nitrogens with zero attached hydrogens (tertiary/aromatic N) is 1. The van der Waals surface area contributed by atoms with Gasteiger partial charge in [-0.05, 0) is 71.0 Å². The summed E-state index contributed by atoms with van der Waals surface area (Å²) in [4.78, 5) is 12.1. The first kappa shape index (κ1) is 21.8. The molecule has 0 atom stereocenters. The molecule has 4 aromatic rings. The van der Waals surface area contributed by atoms with Gasteiger partial charge in [0.1, 0.15) is 5.75 Å². The Labute approximate surface area is 188 Å². The van der Waals surface area contributed by atoms with E-state index < -0.39 is 12.6 Å². The van der Waals surface area contributed by atoms with Crippen LogP contribution in [0, 0.1) is 0 Å². The summed E-state index contributed by atoms with van der Waals surface area (Å²) in [6, 6.07) is 20.0. The Hall–Kier alpha value is -3.38. The lowest BCUT2D eigenvalue weighted by Gasteiger charge is -2.10. The molecular weight excluding hydrogens is 436 g/mol. The van der Waals surface area contributed by atoms with Gasteiger partial charge >= 0.3 is 12.6 Å². The third-order valence-corrected chi connectivity index (χ3v) is 5.42. The van der Waals surface area contributed by atoms with Gasteiger partial charge in [-0.1, -0.05) is 35.9 Å². The number of benzene rings is 3. The Morgan fingerprint density at radius 3 is 2.66 bits per heavy atom. The lowest BCUT2D eigenvalue weighted by Crippen LogP contribution is -2.06. The SMILES string of the molecule is COC(=O)c1cc(Cl)ccc1Cc1ccc2c(ccn2Cc2cccc(OC(F)F)c2)c1. The molecule has 7 heteroatoms. The van der Waals surface area contributed by atoms with Crippen LogP contribution in [0.5, 0.6) is 5.75 Å². The molecule has 0 saturated heterocycles. The molecule has 0 N–H and O–H groups in total. The van der Waals surface area contributed by atoms with Gasteiger partial charge in [0.2, 0.25) is 0 Å². The molecule has 1 aromatic heterocycles. The molecule has 4 rings (SSSR count). The van der Waals surface area contributed by atoms with Crippen LogP contribution in [0.15, 0.2) is 72.9 Å². The lowest BCUT2D eigenvalue weighted by atomic mass is 9.99. The molecule has 0 bridgehead atoms. The molecule has 32 heavy (non-hydrogen) atoms. The topological polar surface area (TPSA) is 40.5 Å². The number of fused-ring (bicyclic) bond motifs is 1. The standard InChI is InChI=1S/C25H20ClF2NO3/c1-31-24(30)22-14-20(26)7-6-18(22)11-16-5-8-23-19(12-16)9-10-29(23)15-17-3-2-4-21(13-17)32-25(27)28/h2-10,12-14,25H,11,15H2,1H3. The molecule has 0 fully saturated rings. The Morgan fingerprint density at radius 1 is 1.03 bits per heavy atom. The second-order valence-electron chi connectivity index (χ2n) is 7.33. The summed E-state index contributed by atoms with van der Waals surface area (Å²) in [5, 5.41) is 1.51. The molecule has 4 nitrogen and oxygen atoms in total. The Bertz CT molecular complexity index is 1270. The highest BCUT2D eigenvalue weighted by atomic mass is 35.5. The van der Waals surface area contributed by atoms with Gasteiger partial charge in [-0.3, -0.25) is 0 Å². The van der Waals surface area contributed by atoms with Crippen molar-refractivity contribution < 1.29 is 23.0 Å². The van der Waals surface area contributed by atoms with E-state index >= 15 is 0 Å². The highest BCUT2D eigenvalue weighted by molar-refractivity contribution is 6.31. The van der Waals surface area contributed by atoms with Crippen molar-refractivity contribution in [3.05, 3.63) is 100 Å². The van der Waals surface area contributed by atoms with E-state index in [9.17, 15) is 13.6 Å². The Kier molecular flexibility index (Phi) is 6.42. The van der Waals surface area contributed by atoms with Gasteiger partial charge in [0.15, 0.2) is 0 Å². The van der Waals surface area contributed by atoms with E-state index in [1.165, 1.54) is 13.2 Å². The number of ether oxygens (including phenoxy) is 2. The minimum absolute atomic E-state index is 0.139. The number of halogens is 3. The van der Waals surface area contributed by atoms with Gasteiger partial charge < -0.3 is 14.0 Å². The minimum Gasteiger partial charge on any atom is -0.465 e. The van der Waals surface area contributed by atoms with E-state index in [4.69, 9.17) is 16.3 Å². The van der Waals surface area contributed by atoms with Crippen molar-refractivity contribution >= 4 is 28.5 Å². The Balaban J connectivity index is 1.57. The molecule has 3 aromatic carbocycles. The van der Waals surface area contributed by atoms with Crippen LogP contribution in [-0.4, -0.2) is 24.3 Å². The second-order valence-corrected chi connectivity index (χ2v) is 7.77. The van der Waals surface area contributed by atoms with Crippen LogP contribution in [0.25, 0.3) is 10.9 Å². The first-order valence-electron chi connectivity index (χ1n) is 9.91. The van der Waals surface area contributed by atoms with Gasteiger partial charge in [0.05, 0.1) is 12.7 Å². The highest BCUT2D eigenvalue weighted by Gasteiger charge is 2.14. The summed E-state index contributed by atoms with van der Waals surface area (Å²) in [7, 11) is 1.34. The van der Waals surface area contributed by atoms with Crippen LogP contribution in [-0.2, 0) is 17.7 Å². The van der Waals surface area contributed by atoms with E-state index in [2.05, 4.69) is 10.8 Å². The molecule has 164 valence electrons. The van der Waals surface area contributed by atoms with Crippen molar-refractivity contribution in [2.24, 2.45) is 0 Å². The quantitative estimate of drug-likeness (QED) is 0.306. The summed E-state index contributed by atoms with van der Waals surface area (Å²) in [6.45, 7) is -2.33. The van der Waals surface area contributed by atoms with Crippen LogP contribution < -0.4 is 4.74 Å². The second kappa shape index (κ2) is 9.40. The average molecular weight is 456 g/mol. The zero-order valence-corrected chi connectivity index (χ0v) is 18.0. The maximum absolute atomic E-state index is 12.5. The van der Waals surface area contributed by atoms with Crippen molar-refractivity contribution in [1.29, 1.82) is 0 Å². The van der Waals surface area contributed by atoms with Crippen LogP contribution >= 0.6 is 11.6 Å². The predicted octanol–water partition coefficient (Wildman–Crippen LogP) is 6.32. The smallest absolute Gasteiger partial charge is 0.387 e. The first-order chi connectivity index (χ1) is 15.4.